The maximum absolute atomic E-state index is 12.1. The first-order valence-electron chi connectivity index (χ1n) is 8.16. The van der Waals surface area contributed by atoms with E-state index < -0.39 is 5.97 Å². The lowest BCUT2D eigenvalue weighted by atomic mass is 9.89. The second-order valence-corrected chi connectivity index (χ2v) is 5.56. The van der Waals surface area contributed by atoms with Gasteiger partial charge in [-0.2, -0.15) is 0 Å². The van der Waals surface area contributed by atoms with Crippen molar-refractivity contribution in [1.29, 1.82) is 0 Å². The van der Waals surface area contributed by atoms with Gasteiger partial charge in [0.05, 0.1) is 19.1 Å². The van der Waals surface area contributed by atoms with Gasteiger partial charge in [0.2, 0.25) is 0 Å². The number of hydrogen-bond acceptors (Lipinski definition) is 5. The van der Waals surface area contributed by atoms with Gasteiger partial charge in [-0.3, -0.25) is 14.6 Å². The van der Waals surface area contributed by atoms with E-state index in [-0.39, 0.29) is 24.4 Å². The minimum Gasteiger partial charge on any atom is -0.511 e. The molecule has 1 fully saturated rings. The van der Waals surface area contributed by atoms with Crippen LogP contribution in [0.5, 0.6) is 0 Å². The molecule has 0 atom stereocenters. The van der Waals surface area contributed by atoms with Gasteiger partial charge in [-0.05, 0) is 19.3 Å². The third-order valence-corrected chi connectivity index (χ3v) is 3.78. The molecule has 5 nitrogen and oxygen atoms in total. The molecule has 1 rings (SSSR count). The van der Waals surface area contributed by atoms with Gasteiger partial charge in [-0.25, -0.2) is 0 Å². The van der Waals surface area contributed by atoms with E-state index in [0.29, 0.717) is 24.3 Å². The molecule has 0 saturated heterocycles. The third kappa shape index (κ3) is 6.00. The highest BCUT2D eigenvalue weighted by Crippen LogP contribution is 2.23. The number of aliphatic hydroxyl groups excluding tert-OH is 1. The molecule has 1 aliphatic rings. The summed E-state index contributed by atoms with van der Waals surface area (Å²) in [5.41, 5.74) is 1.04. The van der Waals surface area contributed by atoms with E-state index in [1.54, 1.807) is 0 Å². The third-order valence-electron chi connectivity index (χ3n) is 3.78. The standard InChI is InChI=1S/C17H27NO4/c1-3-4-5-6-12-18-13-8-7-9-14(19)17(13)15(20)10-11-16(21)22-2/h20H,3-12H2,1-2H3. The fourth-order valence-corrected chi connectivity index (χ4v) is 2.51. The molecule has 0 aliphatic heterocycles. The Bertz CT molecular complexity index is 452. The summed E-state index contributed by atoms with van der Waals surface area (Å²) in [6.07, 6.45) is 6.64. The maximum Gasteiger partial charge on any atom is 0.305 e. The van der Waals surface area contributed by atoms with Crippen LogP contribution in [0.15, 0.2) is 16.3 Å². The summed E-state index contributed by atoms with van der Waals surface area (Å²) >= 11 is 0. The summed E-state index contributed by atoms with van der Waals surface area (Å²) in [7, 11) is 1.31. The summed E-state index contributed by atoms with van der Waals surface area (Å²) in [6, 6.07) is 0. The Morgan fingerprint density at radius 1 is 1.23 bits per heavy atom. The van der Waals surface area contributed by atoms with Gasteiger partial charge in [-0.1, -0.05) is 26.2 Å². The average molecular weight is 309 g/mol. The minimum absolute atomic E-state index is 0.0255. The van der Waals surface area contributed by atoms with Crippen molar-refractivity contribution < 1.29 is 19.4 Å². The molecule has 1 aliphatic carbocycles. The first-order valence-corrected chi connectivity index (χ1v) is 8.16. The Balaban J connectivity index is 2.73. The molecular formula is C17H27NO4. The number of methoxy groups -OCH3 is 1. The smallest absolute Gasteiger partial charge is 0.305 e. The summed E-state index contributed by atoms with van der Waals surface area (Å²) in [6.45, 7) is 2.85. The lowest BCUT2D eigenvalue weighted by Gasteiger charge is -2.17. The highest BCUT2D eigenvalue weighted by Gasteiger charge is 2.25. The number of carbonyl (C=O) groups excluding carboxylic acids is 2. The quantitative estimate of drug-likeness (QED) is 0.322. The highest BCUT2D eigenvalue weighted by molar-refractivity contribution is 6.24. The molecular weight excluding hydrogens is 282 g/mol. The molecule has 22 heavy (non-hydrogen) atoms. The van der Waals surface area contributed by atoms with Crippen LogP contribution in [0, 0.1) is 0 Å². The number of ether oxygens (including phenoxy) is 1. The van der Waals surface area contributed by atoms with E-state index >= 15 is 0 Å². The van der Waals surface area contributed by atoms with Gasteiger partial charge in [0, 0.05) is 25.1 Å². The molecule has 0 amide bonds. The molecule has 1 N–H and O–H groups in total. The Kier molecular flexibility index (Phi) is 8.48. The summed E-state index contributed by atoms with van der Waals surface area (Å²) in [5.74, 6) is -0.489. The Labute approximate surface area is 132 Å². The zero-order valence-electron chi connectivity index (χ0n) is 13.7. The molecule has 124 valence electrons. The van der Waals surface area contributed by atoms with Crippen molar-refractivity contribution in [3.63, 3.8) is 0 Å². The number of Topliss-reactive ketones (excluding diaryl/α,β-unsaturated/α-hetero) is 1. The number of aliphatic imine (C=N–C) groups is 1. The van der Waals surface area contributed by atoms with Gasteiger partial charge in [0.1, 0.15) is 5.76 Å². The van der Waals surface area contributed by atoms with Gasteiger partial charge in [0.15, 0.2) is 5.78 Å². The number of hydrogen-bond donors (Lipinski definition) is 1. The Morgan fingerprint density at radius 2 is 2.00 bits per heavy atom. The van der Waals surface area contributed by atoms with Crippen molar-refractivity contribution in [1.82, 2.24) is 0 Å². The minimum atomic E-state index is -0.395. The fraction of sp³-hybridized carbons (Fsp3) is 0.706. The van der Waals surface area contributed by atoms with Crippen LogP contribution >= 0.6 is 0 Å². The number of aliphatic hydroxyl groups is 1. The highest BCUT2D eigenvalue weighted by atomic mass is 16.5. The number of carbonyl (C=O) groups is 2. The van der Waals surface area contributed by atoms with Crippen LogP contribution in [0.2, 0.25) is 0 Å². The lowest BCUT2D eigenvalue weighted by Crippen LogP contribution is -2.22. The van der Waals surface area contributed by atoms with Crippen molar-refractivity contribution in [2.75, 3.05) is 13.7 Å². The number of esters is 1. The topological polar surface area (TPSA) is 76.0 Å². The fourth-order valence-electron chi connectivity index (χ4n) is 2.51. The zero-order chi connectivity index (χ0) is 16.4. The molecule has 0 spiro atoms. The first kappa shape index (κ1) is 18.4. The number of unbranched alkanes of at least 4 members (excludes halogenated alkanes) is 3. The van der Waals surface area contributed by atoms with Crippen LogP contribution in [0.1, 0.15) is 64.7 Å². The molecule has 0 bridgehead atoms. The van der Waals surface area contributed by atoms with Crippen LogP contribution in [0.3, 0.4) is 0 Å². The summed E-state index contributed by atoms with van der Waals surface area (Å²) in [4.78, 5) is 27.8. The number of ketones is 1. The first-order chi connectivity index (χ1) is 10.6. The van der Waals surface area contributed by atoms with Crippen LogP contribution < -0.4 is 0 Å². The van der Waals surface area contributed by atoms with Crippen molar-refractivity contribution in [3.05, 3.63) is 11.3 Å². The molecule has 0 heterocycles. The van der Waals surface area contributed by atoms with Crippen LogP contribution in [-0.2, 0) is 14.3 Å². The van der Waals surface area contributed by atoms with Crippen molar-refractivity contribution in [2.45, 2.75) is 64.7 Å². The van der Waals surface area contributed by atoms with Crippen LogP contribution in [0.25, 0.3) is 0 Å². The maximum atomic E-state index is 12.1. The summed E-state index contributed by atoms with van der Waals surface area (Å²) in [5, 5.41) is 10.2. The van der Waals surface area contributed by atoms with Gasteiger partial charge in [0.25, 0.3) is 0 Å². The number of rotatable bonds is 8. The molecule has 0 aromatic rings. The Hall–Kier alpha value is -1.65. The van der Waals surface area contributed by atoms with Crippen LogP contribution in [-0.4, -0.2) is 36.2 Å². The molecule has 0 unspecified atom stereocenters. The molecule has 1 saturated carbocycles. The second kappa shape index (κ2) is 10.1. The lowest BCUT2D eigenvalue weighted by molar-refractivity contribution is -0.140. The zero-order valence-corrected chi connectivity index (χ0v) is 13.7. The van der Waals surface area contributed by atoms with Crippen molar-refractivity contribution in [3.8, 4) is 0 Å². The van der Waals surface area contributed by atoms with E-state index in [0.717, 1.165) is 25.7 Å². The van der Waals surface area contributed by atoms with E-state index in [9.17, 15) is 14.7 Å². The Morgan fingerprint density at radius 3 is 2.68 bits per heavy atom. The van der Waals surface area contributed by atoms with Crippen molar-refractivity contribution >= 4 is 17.5 Å². The molecule has 0 aromatic carbocycles. The largest absolute Gasteiger partial charge is 0.511 e. The van der Waals surface area contributed by atoms with E-state index in [4.69, 9.17) is 0 Å². The molecule has 0 aromatic heterocycles. The van der Waals surface area contributed by atoms with Gasteiger partial charge < -0.3 is 9.84 Å². The second-order valence-electron chi connectivity index (χ2n) is 5.56. The van der Waals surface area contributed by atoms with E-state index in [1.807, 2.05) is 0 Å². The van der Waals surface area contributed by atoms with E-state index in [1.165, 1.54) is 20.0 Å². The predicted molar refractivity (Wildman–Crippen MR) is 86.2 cm³/mol. The van der Waals surface area contributed by atoms with E-state index in [2.05, 4.69) is 16.7 Å². The SMILES string of the molecule is CCCCCCN=C1CCCC(=O)C1=C(O)CCC(=O)OC. The summed E-state index contributed by atoms with van der Waals surface area (Å²) < 4.78 is 4.56. The average Bonchev–Trinajstić information content (AvgIpc) is 2.52. The monoisotopic (exact) mass is 309 g/mol. The number of allylic oxidation sites excluding steroid dienone is 2. The van der Waals surface area contributed by atoms with Gasteiger partial charge in [-0.15, -0.1) is 0 Å². The number of nitrogens with zero attached hydrogens (tertiary/aromatic N) is 1. The van der Waals surface area contributed by atoms with Gasteiger partial charge >= 0.3 is 5.97 Å². The molecule has 5 heteroatoms. The normalized spacial score (nSPS) is 19.4. The molecule has 0 radical (unpaired) electrons. The van der Waals surface area contributed by atoms with Crippen LogP contribution in [0.4, 0.5) is 0 Å². The van der Waals surface area contributed by atoms with Crippen molar-refractivity contribution in [2.24, 2.45) is 4.99 Å². The predicted octanol–water partition coefficient (Wildman–Crippen LogP) is 3.53.